The van der Waals surface area contributed by atoms with E-state index in [0.29, 0.717) is 18.7 Å². The van der Waals surface area contributed by atoms with E-state index in [9.17, 15) is 13.2 Å². The fourth-order valence-electron chi connectivity index (χ4n) is 1.63. The second kappa shape index (κ2) is 7.84. The number of sulfonamides is 1. The van der Waals surface area contributed by atoms with Crippen LogP contribution >= 0.6 is 0 Å². The summed E-state index contributed by atoms with van der Waals surface area (Å²) in [6.45, 7) is 2.03. The minimum absolute atomic E-state index is 0.0175. The van der Waals surface area contributed by atoms with Crippen molar-refractivity contribution in [1.82, 2.24) is 10.0 Å². The molecule has 2 N–H and O–H groups in total. The Morgan fingerprint density at radius 2 is 1.90 bits per heavy atom. The highest BCUT2D eigenvalue weighted by molar-refractivity contribution is 7.89. The zero-order chi connectivity index (χ0) is 15.9. The van der Waals surface area contributed by atoms with E-state index >= 15 is 0 Å². The number of benzene rings is 1. The second-order valence-electron chi connectivity index (χ2n) is 4.25. The third kappa shape index (κ3) is 5.24. The van der Waals surface area contributed by atoms with Crippen molar-refractivity contribution in [1.29, 1.82) is 0 Å². The van der Waals surface area contributed by atoms with Gasteiger partial charge in [0.15, 0.2) is 0 Å². The van der Waals surface area contributed by atoms with Gasteiger partial charge in [-0.1, -0.05) is 0 Å². The summed E-state index contributed by atoms with van der Waals surface area (Å²) < 4.78 is 37.0. The standard InChI is InChI=1S/C13H20N2O5S/c1-10(16)14-7-4-8-15-21(17,18)13-9-11(19-2)5-6-12(13)20-3/h5-6,9,15H,4,7-8H2,1-3H3,(H,14,16). The summed E-state index contributed by atoms with van der Waals surface area (Å²) in [5.74, 6) is 0.520. The summed E-state index contributed by atoms with van der Waals surface area (Å²) in [6.07, 6.45) is 0.491. The Labute approximate surface area is 124 Å². The van der Waals surface area contributed by atoms with E-state index < -0.39 is 10.0 Å². The van der Waals surface area contributed by atoms with Crippen molar-refractivity contribution in [3.05, 3.63) is 18.2 Å². The predicted octanol–water partition coefficient (Wildman–Crippen LogP) is 0.508. The number of rotatable bonds is 8. The SMILES string of the molecule is COc1ccc(OC)c(S(=O)(=O)NCCCNC(C)=O)c1. The Bertz CT molecular complexity index is 586. The number of methoxy groups -OCH3 is 2. The Hall–Kier alpha value is -1.80. The van der Waals surface area contributed by atoms with Crippen molar-refractivity contribution in [2.24, 2.45) is 0 Å². The van der Waals surface area contributed by atoms with E-state index in [2.05, 4.69) is 10.0 Å². The van der Waals surface area contributed by atoms with Crippen molar-refractivity contribution in [3.63, 3.8) is 0 Å². The van der Waals surface area contributed by atoms with E-state index in [4.69, 9.17) is 9.47 Å². The van der Waals surface area contributed by atoms with Crippen LogP contribution in [0.25, 0.3) is 0 Å². The van der Waals surface area contributed by atoms with Gasteiger partial charge in [-0.2, -0.15) is 0 Å². The third-order valence-corrected chi connectivity index (χ3v) is 4.16. The smallest absolute Gasteiger partial charge is 0.244 e. The first-order chi connectivity index (χ1) is 9.90. The summed E-state index contributed by atoms with van der Waals surface area (Å²) in [6, 6.07) is 4.55. The molecule has 0 saturated heterocycles. The molecule has 1 rings (SSSR count). The molecule has 0 aliphatic rings. The van der Waals surface area contributed by atoms with Crippen LogP contribution in [0.3, 0.4) is 0 Å². The number of carbonyl (C=O) groups excluding carboxylic acids is 1. The number of ether oxygens (including phenoxy) is 2. The van der Waals surface area contributed by atoms with Crippen LogP contribution in [0.1, 0.15) is 13.3 Å². The maximum absolute atomic E-state index is 12.2. The highest BCUT2D eigenvalue weighted by Gasteiger charge is 2.19. The van der Waals surface area contributed by atoms with Gasteiger partial charge in [0.2, 0.25) is 15.9 Å². The lowest BCUT2D eigenvalue weighted by Gasteiger charge is -2.12. The third-order valence-electron chi connectivity index (χ3n) is 2.68. The van der Waals surface area contributed by atoms with Crippen molar-refractivity contribution in [2.75, 3.05) is 27.3 Å². The van der Waals surface area contributed by atoms with E-state index in [-0.39, 0.29) is 23.1 Å². The summed E-state index contributed by atoms with van der Waals surface area (Å²) in [5.41, 5.74) is 0. The molecule has 0 aliphatic heterocycles. The molecule has 0 atom stereocenters. The van der Waals surface area contributed by atoms with Gasteiger partial charge >= 0.3 is 0 Å². The quantitative estimate of drug-likeness (QED) is 0.682. The lowest BCUT2D eigenvalue weighted by molar-refractivity contribution is -0.118. The molecule has 8 heteroatoms. The largest absolute Gasteiger partial charge is 0.497 e. The molecule has 0 aromatic heterocycles. The summed E-state index contributed by atoms with van der Waals surface area (Å²) >= 11 is 0. The normalized spacial score (nSPS) is 11.0. The fraction of sp³-hybridized carbons (Fsp3) is 0.462. The fourth-order valence-corrected chi connectivity index (χ4v) is 2.89. The maximum atomic E-state index is 12.2. The molecule has 0 heterocycles. The van der Waals surface area contributed by atoms with Gasteiger partial charge in [0.1, 0.15) is 16.4 Å². The molecule has 0 fully saturated rings. The number of amides is 1. The molecule has 0 saturated carbocycles. The lowest BCUT2D eigenvalue weighted by Crippen LogP contribution is -2.29. The average Bonchev–Trinajstić information content (AvgIpc) is 2.45. The van der Waals surface area contributed by atoms with Crippen LogP contribution in [0.15, 0.2) is 23.1 Å². The Morgan fingerprint density at radius 3 is 2.48 bits per heavy atom. The average molecular weight is 316 g/mol. The van der Waals surface area contributed by atoms with Crippen molar-refractivity contribution >= 4 is 15.9 Å². The minimum atomic E-state index is -3.70. The molecule has 1 aromatic carbocycles. The summed E-state index contributed by atoms with van der Waals surface area (Å²) in [5, 5.41) is 2.59. The zero-order valence-electron chi connectivity index (χ0n) is 12.3. The van der Waals surface area contributed by atoms with Gasteiger partial charge < -0.3 is 14.8 Å². The molecule has 0 radical (unpaired) electrons. The number of nitrogens with one attached hydrogen (secondary N) is 2. The van der Waals surface area contributed by atoms with Gasteiger partial charge in [-0.25, -0.2) is 13.1 Å². The van der Waals surface area contributed by atoms with Gasteiger partial charge in [0, 0.05) is 26.1 Å². The van der Waals surface area contributed by atoms with Crippen molar-refractivity contribution in [2.45, 2.75) is 18.2 Å². The van der Waals surface area contributed by atoms with E-state index in [1.807, 2.05) is 0 Å². The van der Waals surface area contributed by atoms with Crippen LogP contribution in [0, 0.1) is 0 Å². The molecule has 1 aromatic rings. The van der Waals surface area contributed by atoms with Gasteiger partial charge in [-0.05, 0) is 18.6 Å². The molecule has 0 spiro atoms. The molecule has 1 amide bonds. The molecular weight excluding hydrogens is 296 g/mol. The molecular formula is C13H20N2O5S. The van der Waals surface area contributed by atoms with E-state index in [0.717, 1.165) is 0 Å². The topological polar surface area (TPSA) is 93.7 Å². The number of carbonyl (C=O) groups is 1. The molecule has 7 nitrogen and oxygen atoms in total. The highest BCUT2D eigenvalue weighted by Crippen LogP contribution is 2.27. The maximum Gasteiger partial charge on any atom is 0.244 e. The van der Waals surface area contributed by atoms with Crippen LogP contribution in [-0.4, -0.2) is 41.6 Å². The van der Waals surface area contributed by atoms with Crippen LogP contribution < -0.4 is 19.5 Å². The first-order valence-corrected chi connectivity index (χ1v) is 7.85. The van der Waals surface area contributed by atoms with Gasteiger partial charge in [-0.15, -0.1) is 0 Å². The number of hydrogen-bond acceptors (Lipinski definition) is 5. The van der Waals surface area contributed by atoms with Crippen molar-refractivity contribution in [3.8, 4) is 11.5 Å². The van der Waals surface area contributed by atoms with E-state index in [1.54, 1.807) is 6.07 Å². The Morgan fingerprint density at radius 1 is 1.19 bits per heavy atom. The first-order valence-electron chi connectivity index (χ1n) is 6.37. The van der Waals surface area contributed by atoms with Crippen molar-refractivity contribution < 1.29 is 22.7 Å². The van der Waals surface area contributed by atoms with Gasteiger partial charge in [0.25, 0.3) is 0 Å². The van der Waals surface area contributed by atoms with Gasteiger partial charge in [-0.3, -0.25) is 4.79 Å². The van der Waals surface area contributed by atoms with Crippen LogP contribution in [-0.2, 0) is 14.8 Å². The summed E-state index contributed by atoms with van der Waals surface area (Å²) in [7, 11) is -0.846. The van der Waals surface area contributed by atoms with E-state index in [1.165, 1.54) is 33.3 Å². The van der Waals surface area contributed by atoms with Gasteiger partial charge in [0.05, 0.1) is 14.2 Å². The lowest BCUT2D eigenvalue weighted by atomic mass is 10.3. The van der Waals surface area contributed by atoms with Crippen LogP contribution in [0.4, 0.5) is 0 Å². The Balaban J connectivity index is 2.75. The molecule has 21 heavy (non-hydrogen) atoms. The minimum Gasteiger partial charge on any atom is -0.497 e. The predicted molar refractivity (Wildman–Crippen MR) is 78.0 cm³/mol. The Kier molecular flexibility index (Phi) is 6.44. The first kappa shape index (κ1) is 17.3. The molecule has 0 unspecified atom stereocenters. The molecule has 118 valence electrons. The van der Waals surface area contributed by atoms with Crippen LogP contribution in [0.2, 0.25) is 0 Å². The second-order valence-corrected chi connectivity index (χ2v) is 5.99. The number of hydrogen-bond donors (Lipinski definition) is 2. The monoisotopic (exact) mass is 316 g/mol. The highest BCUT2D eigenvalue weighted by atomic mass is 32.2. The summed E-state index contributed by atoms with van der Waals surface area (Å²) in [4.78, 5) is 10.7. The molecule has 0 aliphatic carbocycles. The molecule has 0 bridgehead atoms. The zero-order valence-corrected chi connectivity index (χ0v) is 13.1. The van der Waals surface area contributed by atoms with Crippen LogP contribution in [0.5, 0.6) is 11.5 Å².